The molecule has 0 fully saturated rings. The summed E-state index contributed by atoms with van der Waals surface area (Å²) in [5.41, 5.74) is 0.906. The molecule has 2 rings (SSSR count). The zero-order valence-corrected chi connectivity index (χ0v) is 12.2. The molecule has 1 aromatic carbocycles. The lowest BCUT2D eigenvalue weighted by molar-refractivity contribution is 0.251. The van der Waals surface area contributed by atoms with E-state index in [2.05, 4.69) is 15.7 Å². The van der Waals surface area contributed by atoms with E-state index in [-0.39, 0.29) is 6.03 Å². The molecule has 0 aliphatic carbocycles. The van der Waals surface area contributed by atoms with Crippen LogP contribution in [-0.4, -0.2) is 30.0 Å². The molecule has 2 amide bonds. The predicted octanol–water partition coefficient (Wildman–Crippen LogP) is 1.76. The quantitative estimate of drug-likeness (QED) is 0.879. The summed E-state index contributed by atoms with van der Waals surface area (Å²) in [5.74, 6) is 1.78. The summed E-state index contributed by atoms with van der Waals surface area (Å²) in [5, 5.41) is 9.46. The molecule has 0 bridgehead atoms. The van der Waals surface area contributed by atoms with Gasteiger partial charge in [0.1, 0.15) is 0 Å². The smallest absolute Gasteiger partial charge is 0.320 e. The maximum Gasteiger partial charge on any atom is 0.320 e. The molecule has 0 atom stereocenters. The second-order valence-electron chi connectivity index (χ2n) is 4.37. The zero-order chi connectivity index (χ0) is 15.2. The monoisotopic (exact) mass is 290 g/mol. The molecule has 0 saturated heterocycles. The Bertz CT molecular complexity index is 624. The number of nitrogens with one attached hydrogen (secondary N) is 2. The van der Waals surface area contributed by atoms with Gasteiger partial charge >= 0.3 is 6.03 Å². The molecule has 112 valence electrons. The van der Waals surface area contributed by atoms with E-state index in [4.69, 9.17) is 9.47 Å². The summed E-state index contributed by atoms with van der Waals surface area (Å²) in [7, 11) is 4.94. The predicted molar refractivity (Wildman–Crippen MR) is 78.6 cm³/mol. The van der Waals surface area contributed by atoms with E-state index in [1.807, 2.05) is 12.1 Å². The summed E-state index contributed by atoms with van der Waals surface area (Å²) in [6.45, 7) is 0.374. The van der Waals surface area contributed by atoms with Crippen molar-refractivity contribution < 1.29 is 14.3 Å². The molecule has 2 aromatic rings. The minimum atomic E-state index is -0.316. The first kappa shape index (κ1) is 14.7. The number of methoxy groups -OCH3 is 2. The van der Waals surface area contributed by atoms with Crippen LogP contribution in [0.4, 0.5) is 10.6 Å². The minimum absolute atomic E-state index is 0.316. The molecule has 0 unspecified atom stereocenters. The lowest BCUT2D eigenvalue weighted by atomic mass is 10.2. The molecule has 1 aromatic heterocycles. The number of hydrogen-bond donors (Lipinski definition) is 2. The van der Waals surface area contributed by atoms with Crippen molar-refractivity contribution in [3.63, 3.8) is 0 Å². The van der Waals surface area contributed by atoms with Crippen LogP contribution >= 0.6 is 0 Å². The van der Waals surface area contributed by atoms with Gasteiger partial charge in [-0.2, -0.15) is 5.10 Å². The van der Waals surface area contributed by atoms with Crippen molar-refractivity contribution in [2.24, 2.45) is 7.05 Å². The summed E-state index contributed by atoms with van der Waals surface area (Å²) < 4.78 is 12.0. The van der Waals surface area contributed by atoms with Gasteiger partial charge in [-0.1, -0.05) is 6.07 Å². The van der Waals surface area contributed by atoms with Gasteiger partial charge in [-0.3, -0.25) is 10.00 Å². The van der Waals surface area contributed by atoms with Crippen LogP contribution in [0.3, 0.4) is 0 Å². The van der Waals surface area contributed by atoms with E-state index < -0.39 is 0 Å². The molecule has 7 heteroatoms. The van der Waals surface area contributed by atoms with Crippen molar-refractivity contribution in [1.82, 2.24) is 15.1 Å². The van der Waals surface area contributed by atoms with Gasteiger partial charge in [0.15, 0.2) is 17.3 Å². The maximum absolute atomic E-state index is 11.7. The SMILES string of the molecule is COc1ccc(CNC(=O)Nc2ccn(C)n2)cc1OC. The number of benzene rings is 1. The number of carbonyl (C=O) groups is 1. The Morgan fingerprint density at radius 1 is 1.24 bits per heavy atom. The average Bonchev–Trinajstić information content (AvgIpc) is 2.89. The third-order valence-corrected chi connectivity index (χ3v) is 2.86. The van der Waals surface area contributed by atoms with Crippen LogP contribution in [0.1, 0.15) is 5.56 Å². The summed E-state index contributed by atoms with van der Waals surface area (Å²) in [4.78, 5) is 11.7. The minimum Gasteiger partial charge on any atom is -0.493 e. The van der Waals surface area contributed by atoms with Gasteiger partial charge in [0, 0.05) is 25.9 Å². The molecule has 0 radical (unpaired) electrons. The fourth-order valence-corrected chi connectivity index (χ4v) is 1.82. The number of aromatic nitrogens is 2. The van der Waals surface area contributed by atoms with Gasteiger partial charge in [-0.25, -0.2) is 4.79 Å². The van der Waals surface area contributed by atoms with E-state index in [0.717, 1.165) is 5.56 Å². The lowest BCUT2D eigenvalue weighted by Gasteiger charge is -2.10. The molecule has 1 heterocycles. The Labute approximate surface area is 122 Å². The second kappa shape index (κ2) is 6.65. The number of hydrogen-bond acceptors (Lipinski definition) is 4. The first-order valence-electron chi connectivity index (χ1n) is 6.38. The van der Waals surface area contributed by atoms with Crippen LogP contribution in [0.2, 0.25) is 0 Å². The Hall–Kier alpha value is -2.70. The molecule has 0 aliphatic rings. The Kier molecular flexibility index (Phi) is 4.65. The number of carbonyl (C=O) groups excluding carboxylic acids is 1. The van der Waals surface area contributed by atoms with Gasteiger partial charge < -0.3 is 14.8 Å². The zero-order valence-electron chi connectivity index (χ0n) is 12.2. The van der Waals surface area contributed by atoms with Crippen LogP contribution in [0, 0.1) is 0 Å². The average molecular weight is 290 g/mol. The number of aryl methyl sites for hydroxylation is 1. The highest BCUT2D eigenvalue weighted by Gasteiger charge is 2.07. The second-order valence-corrected chi connectivity index (χ2v) is 4.37. The fraction of sp³-hybridized carbons (Fsp3) is 0.286. The Balaban J connectivity index is 1.91. The van der Waals surface area contributed by atoms with Crippen LogP contribution in [-0.2, 0) is 13.6 Å². The molecule has 0 saturated carbocycles. The summed E-state index contributed by atoms with van der Waals surface area (Å²) in [6, 6.07) is 6.88. The van der Waals surface area contributed by atoms with Crippen LogP contribution < -0.4 is 20.1 Å². The van der Waals surface area contributed by atoms with Crippen molar-refractivity contribution in [3.05, 3.63) is 36.0 Å². The van der Waals surface area contributed by atoms with Crippen LogP contribution in [0.5, 0.6) is 11.5 Å². The molecular formula is C14H18N4O3. The molecule has 21 heavy (non-hydrogen) atoms. The molecule has 0 spiro atoms. The number of rotatable bonds is 5. The first-order chi connectivity index (χ1) is 10.1. The van der Waals surface area contributed by atoms with E-state index in [1.165, 1.54) is 0 Å². The fourth-order valence-electron chi connectivity index (χ4n) is 1.82. The van der Waals surface area contributed by atoms with E-state index >= 15 is 0 Å². The topological polar surface area (TPSA) is 77.4 Å². The number of nitrogens with zero attached hydrogens (tertiary/aromatic N) is 2. The van der Waals surface area contributed by atoms with Crippen LogP contribution in [0.25, 0.3) is 0 Å². The highest BCUT2D eigenvalue weighted by molar-refractivity contribution is 5.88. The van der Waals surface area contributed by atoms with Gasteiger partial charge in [0.2, 0.25) is 0 Å². The number of ether oxygens (including phenoxy) is 2. The van der Waals surface area contributed by atoms with Crippen molar-refractivity contribution in [2.75, 3.05) is 19.5 Å². The number of anilines is 1. The Morgan fingerprint density at radius 3 is 2.62 bits per heavy atom. The van der Waals surface area contributed by atoms with Crippen LogP contribution in [0.15, 0.2) is 30.5 Å². The molecule has 2 N–H and O–H groups in total. The summed E-state index contributed by atoms with van der Waals surface area (Å²) >= 11 is 0. The third kappa shape index (κ3) is 3.88. The van der Waals surface area contributed by atoms with E-state index in [1.54, 1.807) is 44.3 Å². The lowest BCUT2D eigenvalue weighted by Crippen LogP contribution is -2.28. The highest BCUT2D eigenvalue weighted by Crippen LogP contribution is 2.27. The largest absolute Gasteiger partial charge is 0.493 e. The molecular weight excluding hydrogens is 272 g/mol. The van der Waals surface area contributed by atoms with Gasteiger partial charge in [-0.15, -0.1) is 0 Å². The Morgan fingerprint density at radius 2 is 2.00 bits per heavy atom. The normalized spacial score (nSPS) is 10.0. The van der Waals surface area contributed by atoms with E-state index in [9.17, 15) is 4.79 Å². The van der Waals surface area contributed by atoms with E-state index in [0.29, 0.717) is 23.9 Å². The van der Waals surface area contributed by atoms with Crippen molar-refractivity contribution in [3.8, 4) is 11.5 Å². The highest BCUT2D eigenvalue weighted by atomic mass is 16.5. The third-order valence-electron chi connectivity index (χ3n) is 2.86. The maximum atomic E-state index is 11.7. The molecule has 0 aliphatic heterocycles. The molecule has 7 nitrogen and oxygen atoms in total. The standard InChI is InChI=1S/C14H18N4O3/c1-18-7-6-13(17-18)16-14(19)15-9-10-4-5-11(20-2)12(8-10)21-3/h4-8H,9H2,1-3H3,(H2,15,16,17,19). The van der Waals surface area contributed by atoms with Crippen molar-refractivity contribution in [1.29, 1.82) is 0 Å². The summed E-state index contributed by atoms with van der Waals surface area (Å²) in [6.07, 6.45) is 1.75. The van der Waals surface area contributed by atoms with Gasteiger partial charge in [0.25, 0.3) is 0 Å². The first-order valence-corrected chi connectivity index (χ1v) is 6.38. The number of urea groups is 1. The van der Waals surface area contributed by atoms with Crippen molar-refractivity contribution in [2.45, 2.75) is 6.54 Å². The number of amides is 2. The van der Waals surface area contributed by atoms with Gasteiger partial charge in [-0.05, 0) is 17.7 Å². The van der Waals surface area contributed by atoms with Crippen molar-refractivity contribution >= 4 is 11.8 Å². The van der Waals surface area contributed by atoms with Gasteiger partial charge in [0.05, 0.1) is 14.2 Å².